The maximum atomic E-state index is 13.2. The minimum absolute atomic E-state index is 0.00825. The SMILES string of the molecule is Cc1ccc(C)c(CN2C(=O)C(=O)/C(=C(\O)c3cccc([N+](=O)[O-])c3)C2c2ccc(O)cc2)c1. The van der Waals surface area contributed by atoms with Gasteiger partial charge in [-0.2, -0.15) is 0 Å². The van der Waals surface area contributed by atoms with Crippen molar-refractivity contribution in [1.29, 1.82) is 0 Å². The highest BCUT2D eigenvalue weighted by Gasteiger charge is 2.46. The van der Waals surface area contributed by atoms with E-state index in [9.17, 15) is 29.9 Å². The summed E-state index contributed by atoms with van der Waals surface area (Å²) in [5.41, 5.74) is 2.93. The number of non-ortho nitro benzene ring substituents is 1. The number of ketones is 1. The van der Waals surface area contributed by atoms with E-state index in [-0.39, 0.29) is 29.1 Å². The number of aliphatic hydroxyl groups is 1. The van der Waals surface area contributed by atoms with Gasteiger partial charge >= 0.3 is 0 Å². The minimum Gasteiger partial charge on any atom is -0.508 e. The molecule has 34 heavy (non-hydrogen) atoms. The number of aliphatic hydroxyl groups excluding tert-OH is 1. The van der Waals surface area contributed by atoms with E-state index < -0.39 is 28.4 Å². The molecule has 0 bridgehead atoms. The lowest BCUT2D eigenvalue weighted by molar-refractivity contribution is -0.384. The van der Waals surface area contributed by atoms with Crippen LogP contribution in [0.4, 0.5) is 5.69 Å². The molecule has 3 aromatic carbocycles. The molecule has 4 rings (SSSR count). The molecule has 1 unspecified atom stereocenters. The minimum atomic E-state index is -0.945. The molecule has 8 heteroatoms. The van der Waals surface area contributed by atoms with Crippen molar-refractivity contribution in [2.24, 2.45) is 0 Å². The van der Waals surface area contributed by atoms with Crippen molar-refractivity contribution in [2.75, 3.05) is 0 Å². The van der Waals surface area contributed by atoms with Crippen molar-refractivity contribution in [1.82, 2.24) is 4.90 Å². The fourth-order valence-electron chi connectivity index (χ4n) is 4.12. The van der Waals surface area contributed by atoms with Crippen LogP contribution in [0.15, 0.2) is 72.3 Å². The van der Waals surface area contributed by atoms with Crippen LogP contribution in [0.3, 0.4) is 0 Å². The average molecular weight is 458 g/mol. The van der Waals surface area contributed by atoms with E-state index in [1.165, 1.54) is 35.2 Å². The second-order valence-electron chi connectivity index (χ2n) is 8.26. The third-order valence-electron chi connectivity index (χ3n) is 5.92. The predicted octanol–water partition coefficient (Wildman–Crippen LogP) is 4.54. The monoisotopic (exact) mass is 458 g/mol. The standard InChI is InChI=1S/C26H22N2O6/c1-15-6-7-16(2)19(12-15)14-27-23(17-8-10-21(29)11-9-17)22(25(31)26(27)32)24(30)18-4-3-5-20(13-18)28(33)34/h3-13,23,29-30H,14H2,1-2H3/b24-22-. The normalized spacial score (nSPS) is 17.2. The number of rotatable bonds is 5. The summed E-state index contributed by atoms with van der Waals surface area (Å²) in [6.45, 7) is 3.95. The first kappa shape index (κ1) is 22.7. The van der Waals surface area contributed by atoms with Gasteiger partial charge in [-0.1, -0.05) is 48.0 Å². The number of hydrogen-bond donors (Lipinski definition) is 2. The van der Waals surface area contributed by atoms with Gasteiger partial charge in [-0.05, 0) is 42.7 Å². The Hall–Kier alpha value is -4.46. The summed E-state index contributed by atoms with van der Waals surface area (Å²) in [6, 6.07) is 16.1. The molecule has 3 aromatic rings. The number of likely N-dealkylation sites (tertiary alicyclic amines) is 1. The van der Waals surface area contributed by atoms with E-state index >= 15 is 0 Å². The third kappa shape index (κ3) is 4.13. The highest BCUT2D eigenvalue weighted by molar-refractivity contribution is 6.46. The number of phenolic OH excluding ortho intramolecular Hbond substituents is 1. The first-order valence-corrected chi connectivity index (χ1v) is 10.6. The first-order valence-electron chi connectivity index (χ1n) is 10.6. The quantitative estimate of drug-likeness (QED) is 0.190. The Labute approximate surface area is 195 Å². The smallest absolute Gasteiger partial charge is 0.295 e. The molecule has 8 nitrogen and oxygen atoms in total. The molecule has 0 aromatic heterocycles. The largest absolute Gasteiger partial charge is 0.508 e. The Bertz CT molecular complexity index is 1340. The molecular formula is C26H22N2O6. The number of hydrogen-bond acceptors (Lipinski definition) is 6. The number of carbonyl (C=O) groups excluding carboxylic acids is 2. The summed E-state index contributed by atoms with van der Waals surface area (Å²) in [6.07, 6.45) is 0. The Kier molecular flexibility index (Phi) is 5.89. The fraction of sp³-hybridized carbons (Fsp3) is 0.154. The zero-order chi connectivity index (χ0) is 24.6. The van der Waals surface area contributed by atoms with E-state index in [1.54, 1.807) is 12.1 Å². The maximum Gasteiger partial charge on any atom is 0.295 e. The fourth-order valence-corrected chi connectivity index (χ4v) is 4.12. The van der Waals surface area contributed by atoms with Crippen LogP contribution in [0.1, 0.15) is 33.9 Å². The van der Waals surface area contributed by atoms with Crippen LogP contribution in [-0.4, -0.2) is 31.7 Å². The average Bonchev–Trinajstić information content (AvgIpc) is 3.06. The van der Waals surface area contributed by atoms with Crippen LogP contribution >= 0.6 is 0 Å². The highest BCUT2D eigenvalue weighted by Crippen LogP contribution is 2.41. The van der Waals surface area contributed by atoms with Crippen LogP contribution < -0.4 is 0 Å². The van der Waals surface area contributed by atoms with Crippen molar-refractivity contribution >= 4 is 23.1 Å². The van der Waals surface area contributed by atoms with Gasteiger partial charge in [0.25, 0.3) is 17.4 Å². The van der Waals surface area contributed by atoms with Crippen LogP contribution in [-0.2, 0) is 16.1 Å². The number of carbonyl (C=O) groups is 2. The summed E-state index contributed by atoms with van der Waals surface area (Å²) >= 11 is 0. The van der Waals surface area contributed by atoms with Gasteiger partial charge in [-0.3, -0.25) is 19.7 Å². The molecule has 1 atom stereocenters. The van der Waals surface area contributed by atoms with Gasteiger partial charge in [0.2, 0.25) is 0 Å². The maximum absolute atomic E-state index is 13.2. The van der Waals surface area contributed by atoms with Gasteiger partial charge in [0.15, 0.2) is 0 Å². The molecule has 172 valence electrons. The van der Waals surface area contributed by atoms with Crippen LogP contribution in [0.5, 0.6) is 5.75 Å². The zero-order valence-electron chi connectivity index (χ0n) is 18.6. The van der Waals surface area contributed by atoms with Gasteiger partial charge in [-0.15, -0.1) is 0 Å². The second-order valence-corrected chi connectivity index (χ2v) is 8.26. The third-order valence-corrected chi connectivity index (χ3v) is 5.92. The summed E-state index contributed by atoms with van der Waals surface area (Å²) < 4.78 is 0. The summed E-state index contributed by atoms with van der Waals surface area (Å²) in [7, 11) is 0. The number of aryl methyl sites for hydroxylation is 2. The Morgan fingerprint density at radius 1 is 1.03 bits per heavy atom. The van der Waals surface area contributed by atoms with E-state index in [4.69, 9.17) is 0 Å². The van der Waals surface area contributed by atoms with Crippen molar-refractivity contribution in [2.45, 2.75) is 26.4 Å². The molecule has 1 saturated heterocycles. The lowest BCUT2D eigenvalue weighted by Crippen LogP contribution is -2.29. The van der Waals surface area contributed by atoms with Crippen LogP contribution in [0.2, 0.25) is 0 Å². The Morgan fingerprint density at radius 2 is 1.74 bits per heavy atom. The lowest BCUT2D eigenvalue weighted by atomic mass is 9.94. The number of phenols is 1. The first-order chi connectivity index (χ1) is 16.2. The van der Waals surface area contributed by atoms with Crippen LogP contribution in [0.25, 0.3) is 5.76 Å². The number of aromatic hydroxyl groups is 1. The van der Waals surface area contributed by atoms with Gasteiger partial charge in [0.1, 0.15) is 11.5 Å². The molecule has 0 saturated carbocycles. The Balaban J connectivity index is 1.89. The van der Waals surface area contributed by atoms with E-state index in [2.05, 4.69) is 0 Å². The zero-order valence-corrected chi connectivity index (χ0v) is 18.6. The molecule has 1 amide bonds. The van der Waals surface area contributed by atoms with Gasteiger partial charge in [0, 0.05) is 24.2 Å². The molecule has 1 heterocycles. The van der Waals surface area contributed by atoms with E-state index in [0.717, 1.165) is 22.8 Å². The van der Waals surface area contributed by atoms with Gasteiger partial charge < -0.3 is 15.1 Å². The molecule has 0 spiro atoms. The second kappa shape index (κ2) is 8.82. The molecule has 0 aliphatic carbocycles. The number of nitro benzene ring substituents is 1. The molecule has 1 aliphatic rings. The lowest BCUT2D eigenvalue weighted by Gasteiger charge is -2.26. The summed E-state index contributed by atoms with van der Waals surface area (Å²) in [4.78, 5) is 38.3. The predicted molar refractivity (Wildman–Crippen MR) is 125 cm³/mol. The van der Waals surface area contributed by atoms with Crippen molar-refractivity contribution in [3.63, 3.8) is 0 Å². The highest BCUT2D eigenvalue weighted by atomic mass is 16.6. The molecule has 1 fully saturated rings. The number of amides is 1. The molecule has 0 radical (unpaired) electrons. The molecular weight excluding hydrogens is 436 g/mol. The van der Waals surface area contributed by atoms with Crippen molar-refractivity contribution in [3.8, 4) is 5.75 Å². The molecule has 1 aliphatic heterocycles. The van der Waals surface area contributed by atoms with Crippen molar-refractivity contribution in [3.05, 3.63) is 110 Å². The van der Waals surface area contributed by atoms with Gasteiger partial charge in [-0.25, -0.2) is 0 Å². The Morgan fingerprint density at radius 3 is 2.41 bits per heavy atom. The van der Waals surface area contributed by atoms with Crippen molar-refractivity contribution < 1.29 is 24.7 Å². The van der Waals surface area contributed by atoms with Gasteiger partial charge in [0.05, 0.1) is 16.5 Å². The topological polar surface area (TPSA) is 121 Å². The van der Waals surface area contributed by atoms with Crippen LogP contribution in [0, 0.1) is 24.0 Å². The number of Topliss-reactive ketones (excluding diaryl/α,β-unsaturated/α-hetero) is 1. The van der Waals surface area contributed by atoms with E-state index in [0.29, 0.717) is 5.56 Å². The summed E-state index contributed by atoms with van der Waals surface area (Å²) in [5.74, 6) is -2.16. The van der Waals surface area contributed by atoms with E-state index in [1.807, 2.05) is 32.0 Å². The summed E-state index contributed by atoms with van der Waals surface area (Å²) in [5, 5.41) is 32.0. The molecule has 2 N–H and O–H groups in total. The number of nitrogens with zero attached hydrogens (tertiary/aromatic N) is 2. The number of benzene rings is 3. The number of nitro groups is 1.